The van der Waals surface area contributed by atoms with Gasteiger partial charge in [0.05, 0.1) is 5.60 Å². The quantitative estimate of drug-likeness (QED) is 0.684. The van der Waals surface area contributed by atoms with Crippen LogP contribution >= 0.6 is 0 Å². The zero-order valence-electron chi connectivity index (χ0n) is 10.8. The van der Waals surface area contributed by atoms with E-state index >= 15 is 0 Å². The highest BCUT2D eigenvalue weighted by Gasteiger charge is 2.21. The summed E-state index contributed by atoms with van der Waals surface area (Å²) in [5.74, 6) is -0.632. The van der Waals surface area contributed by atoms with Gasteiger partial charge in [-0.3, -0.25) is 0 Å². The molecule has 1 rings (SSSR count). The maximum Gasteiger partial charge on any atom is 0.354 e. The summed E-state index contributed by atoms with van der Waals surface area (Å²) in [6.45, 7) is 2.50. The minimum atomic E-state index is -1.07. The van der Waals surface area contributed by atoms with Gasteiger partial charge in [-0.25, -0.2) is 9.78 Å². The van der Waals surface area contributed by atoms with Crippen molar-refractivity contribution in [2.75, 3.05) is 32.5 Å². The first kappa shape index (κ1) is 14.4. The third-order valence-corrected chi connectivity index (χ3v) is 2.28. The van der Waals surface area contributed by atoms with Gasteiger partial charge in [0.1, 0.15) is 5.82 Å². The van der Waals surface area contributed by atoms with Crippen molar-refractivity contribution in [3.63, 3.8) is 0 Å². The second-order valence-corrected chi connectivity index (χ2v) is 4.80. The number of carboxylic acids is 1. The van der Waals surface area contributed by atoms with E-state index in [1.165, 1.54) is 6.07 Å². The van der Waals surface area contributed by atoms with Crippen molar-refractivity contribution in [1.29, 1.82) is 0 Å². The summed E-state index contributed by atoms with van der Waals surface area (Å²) in [5, 5.41) is 21.8. The van der Waals surface area contributed by atoms with Crippen molar-refractivity contribution in [2.45, 2.75) is 12.5 Å². The van der Waals surface area contributed by atoms with Gasteiger partial charge in [-0.2, -0.15) is 0 Å². The Morgan fingerprint density at radius 3 is 2.72 bits per heavy atom. The van der Waals surface area contributed by atoms with E-state index in [9.17, 15) is 9.90 Å². The molecule has 6 nitrogen and oxygen atoms in total. The second-order valence-electron chi connectivity index (χ2n) is 4.80. The van der Waals surface area contributed by atoms with E-state index < -0.39 is 11.6 Å². The van der Waals surface area contributed by atoms with Gasteiger partial charge in [-0.15, -0.1) is 0 Å². The Morgan fingerprint density at radius 1 is 1.50 bits per heavy atom. The molecule has 0 spiro atoms. The van der Waals surface area contributed by atoms with Gasteiger partial charge in [0.15, 0.2) is 5.69 Å². The molecule has 1 unspecified atom stereocenters. The molecule has 0 radical (unpaired) electrons. The normalized spacial score (nSPS) is 14.3. The Morgan fingerprint density at radius 2 is 2.17 bits per heavy atom. The highest BCUT2D eigenvalue weighted by molar-refractivity contribution is 5.85. The molecule has 0 aromatic carbocycles. The van der Waals surface area contributed by atoms with E-state index in [0.717, 1.165) is 0 Å². The van der Waals surface area contributed by atoms with E-state index in [1.807, 2.05) is 19.0 Å². The molecule has 1 aromatic rings. The number of hydrogen-bond donors (Lipinski definition) is 3. The Labute approximate surface area is 106 Å². The van der Waals surface area contributed by atoms with Crippen molar-refractivity contribution < 1.29 is 15.0 Å². The summed E-state index contributed by atoms with van der Waals surface area (Å²) in [6, 6.07) is 4.70. The van der Waals surface area contributed by atoms with Gasteiger partial charge < -0.3 is 20.4 Å². The number of aromatic nitrogens is 1. The number of aliphatic hydroxyl groups is 1. The number of anilines is 1. The summed E-state index contributed by atoms with van der Waals surface area (Å²) in [5.41, 5.74) is -0.933. The summed E-state index contributed by atoms with van der Waals surface area (Å²) in [7, 11) is 3.75. The van der Waals surface area contributed by atoms with Crippen LogP contribution in [0.3, 0.4) is 0 Å². The molecule has 0 fully saturated rings. The average Bonchev–Trinajstić information content (AvgIpc) is 2.25. The van der Waals surface area contributed by atoms with Gasteiger partial charge in [0.25, 0.3) is 0 Å². The molecule has 1 atom stereocenters. The maximum atomic E-state index is 10.8. The molecule has 0 saturated carbocycles. The van der Waals surface area contributed by atoms with Crippen LogP contribution in [0, 0.1) is 0 Å². The molecule has 100 valence electrons. The number of pyridine rings is 1. The first-order valence-electron chi connectivity index (χ1n) is 5.61. The van der Waals surface area contributed by atoms with Crippen LogP contribution in [0.2, 0.25) is 0 Å². The number of carboxylic acid groups (broad SMARTS) is 1. The van der Waals surface area contributed by atoms with Crippen LogP contribution in [0.15, 0.2) is 18.2 Å². The zero-order valence-corrected chi connectivity index (χ0v) is 10.8. The van der Waals surface area contributed by atoms with E-state index in [-0.39, 0.29) is 5.69 Å². The maximum absolute atomic E-state index is 10.8. The van der Waals surface area contributed by atoms with Crippen LogP contribution in [-0.2, 0) is 0 Å². The predicted octanol–water partition coefficient (Wildman–Crippen LogP) is 0.504. The molecule has 0 saturated heterocycles. The number of carbonyl (C=O) groups is 1. The average molecular weight is 253 g/mol. The number of nitrogens with one attached hydrogen (secondary N) is 1. The summed E-state index contributed by atoms with van der Waals surface area (Å²) >= 11 is 0. The number of hydrogen-bond acceptors (Lipinski definition) is 5. The minimum absolute atomic E-state index is 0.0211. The Bertz CT molecular complexity index is 419. The number of rotatable bonds is 6. The van der Waals surface area contributed by atoms with Crippen LogP contribution < -0.4 is 5.32 Å². The smallest absolute Gasteiger partial charge is 0.354 e. The first-order chi connectivity index (χ1) is 8.30. The molecular weight excluding hydrogens is 234 g/mol. The first-order valence-corrected chi connectivity index (χ1v) is 5.61. The lowest BCUT2D eigenvalue weighted by Crippen LogP contribution is -2.43. The highest BCUT2D eigenvalue weighted by atomic mass is 16.4. The van der Waals surface area contributed by atoms with Gasteiger partial charge >= 0.3 is 5.97 Å². The standard InChI is InChI=1S/C12H19N3O3/c1-12(18,8-15(2)3)7-13-10-6-4-5-9(14-10)11(16)17/h4-6,18H,7-8H2,1-3H3,(H,13,14)(H,16,17). The van der Waals surface area contributed by atoms with Crippen molar-refractivity contribution in [3.8, 4) is 0 Å². The van der Waals surface area contributed by atoms with Crippen molar-refractivity contribution in [1.82, 2.24) is 9.88 Å². The Balaban J connectivity index is 2.63. The lowest BCUT2D eigenvalue weighted by molar-refractivity contribution is 0.0459. The van der Waals surface area contributed by atoms with Gasteiger partial charge in [-0.05, 0) is 33.2 Å². The second kappa shape index (κ2) is 5.79. The molecule has 0 aliphatic rings. The van der Waals surface area contributed by atoms with E-state index in [4.69, 9.17) is 5.11 Å². The van der Waals surface area contributed by atoms with Gasteiger partial charge in [0.2, 0.25) is 0 Å². The van der Waals surface area contributed by atoms with Crippen LogP contribution in [-0.4, -0.2) is 58.9 Å². The fourth-order valence-corrected chi connectivity index (χ4v) is 1.67. The summed E-state index contributed by atoms with van der Waals surface area (Å²) in [4.78, 5) is 16.6. The molecule has 0 aliphatic carbocycles. The van der Waals surface area contributed by atoms with Crippen molar-refractivity contribution >= 4 is 11.8 Å². The Hall–Kier alpha value is -1.66. The number of aromatic carboxylic acids is 1. The van der Waals surface area contributed by atoms with Crippen LogP contribution in [0.4, 0.5) is 5.82 Å². The van der Waals surface area contributed by atoms with Crippen LogP contribution in [0.1, 0.15) is 17.4 Å². The van der Waals surface area contributed by atoms with E-state index in [1.54, 1.807) is 19.1 Å². The SMILES string of the molecule is CN(C)CC(C)(O)CNc1cccc(C(=O)O)n1. The monoisotopic (exact) mass is 253 g/mol. The third-order valence-electron chi connectivity index (χ3n) is 2.28. The molecule has 0 aliphatic heterocycles. The van der Waals surface area contributed by atoms with Crippen LogP contribution in [0.5, 0.6) is 0 Å². The third kappa shape index (κ3) is 4.68. The molecule has 0 bridgehead atoms. The summed E-state index contributed by atoms with van der Waals surface area (Å²) in [6.07, 6.45) is 0. The number of nitrogens with zero attached hydrogens (tertiary/aromatic N) is 2. The minimum Gasteiger partial charge on any atom is -0.477 e. The lowest BCUT2D eigenvalue weighted by Gasteiger charge is -2.27. The molecule has 3 N–H and O–H groups in total. The summed E-state index contributed by atoms with van der Waals surface area (Å²) < 4.78 is 0. The molecule has 1 aromatic heterocycles. The largest absolute Gasteiger partial charge is 0.477 e. The molecular formula is C12H19N3O3. The molecule has 6 heteroatoms. The molecule has 0 amide bonds. The molecule has 1 heterocycles. The predicted molar refractivity (Wildman–Crippen MR) is 68.9 cm³/mol. The number of likely N-dealkylation sites (N-methyl/N-ethyl adjacent to an activating group) is 1. The fourth-order valence-electron chi connectivity index (χ4n) is 1.67. The van der Waals surface area contributed by atoms with E-state index in [0.29, 0.717) is 18.9 Å². The van der Waals surface area contributed by atoms with Gasteiger partial charge in [0, 0.05) is 13.1 Å². The van der Waals surface area contributed by atoms with E-state index in [2.05, 4.69) is 10.3 Å². The lowest BCUT2D eigenvalue weighted by atomic mass is 10.1. The van der Waals surface area contributed by atoms with Crippen molar-refractivity contribution in [3.05, 3.63) is 23.9 Å². The highest BCUT2D eigenvalue weighted by Crippen LogP contribution is 2.09. The topological polar surface area (TPSA) is 85.7 Å². The fraction of sp³-hybridized carbons (Fsp3) is 0.500. The molecule has 18 heavy (non-hydrogen) atoms. The van der Waals surface area contributed by atoms with Crippen LogP contribution in [0.25, 0.3) is 0 Å². The van der Waals surface area contributed by atoms with Gasteiger partial charge in [-0.1, -0.05) is 6.07 Å². The zero-order chi connectivity index (χ0) is 13.8. The Kier molecular flexibility index (Phi) is 4.63. The van der Waals surface area contributed by atoms with Crippen molar-refractivity contribution in [2.24, 2.45) is 0 Å².